The van der Waals surface area contributed by atoms with Gasteiger partial charge in [0, 0.05) is 11.7 Å². The van der Waals surface area contributed by atoms with Crippen molar-refractivity contribution in [2.75, 3.05) is 0 Å². The molecule has 0 atom stereocenters. The second-order valence-corrected chi connectivity index (χ2v) is 6.71. The van der Waals surface area contributed by atoms with Crippen LogP contribution in [-0.4, -0.2) is 26.7 Å². The summed E-state index contributed by atoms with van der Waals surface area (Å²) in [4.78, 5) is 29.3. The fraction of sp³-hybridized carbons (Fsp3) is 0.278. The third kappa shape index (κ3) is 3.71. The Morgan fingerprint density at radius 1 is 1.16 bits per heavy atom. The molecular formula is C18H20N4O3. The van der Waals surface area contributed by atoms with E-state index in [1.807, 2.05) is 20.8 Å². The fourth-order valence-corrected chi connectivity index (χ4v) is 2.42. The maximum absolute atomic E-state index is 12.5. The maximum atomic E-state index is 12.5. The molecule has 0 bridgehead atoms. The Morgan fingerprint density at radius 2 is 1.96 bits per heavy atom. The molecule has 130 valence electrons. The van der Waals surface area contributed by atoms with Crippen molar-refractivity contribution in [2.24, 2.45) is 0 Å². The van der Waals surface area contributed by atoms with E-state index in [0.717, 1.165) is 0 Å². The number of hydrogen-bond donors (Lipinski definition) is 2. The van der Waals surface area contributed by atoms with E-state index in [1.165, 1.54) is 0 Å². The van der Waals surface area contributed by atoms with E-state index in [0.29, 0.717) is 11.3 Å². The number of hydrogen-bond acceptors (Lipinski definition) is 4. The highest BCUT2D eigenvalue weighted by Crippen LogP contribution is 2.15. The average molecular weight is 340 g/mol. The number of furan rings is 1. The Hall–Kier alpha value is -3.09. The van der Waals surface area contributed by atoms with Gasteiger partial charge in [-0.3, -0.25) is 14.0 Å². The summed E-state index contributed by atoms with van der Waals surface area (Å²) in [5, 5.41) is 5.62. The molecule has 7 heteroatoms. The topological polar surface area (TPSA) is 88.6 Å². The summed E-state index contributed by atoms with van der Waals surface area (Å²) >= 11 is 0. The Bertz CT molecular complexity index is 904. The molecule has 25 heavy (non-hydrogen) atoms. The van der Waals surface area contributed by atoms with Gasteiger partial charge >= 0.3 is 0 Å². The number of rotatable bonds is 4. The van der Waals surface area contributed by atoms with Gasteiger partial charge in [0.2, 0.25) is 5.82 Å². The van der Waals surface area contributed by atoms with Crippen molar-refractivity contribution in [3.8, 4) is 0 Å². The molecule has 0 spiro atoms. The van der Waals surface area contributed by atoms with E-state index in [-0.39, 0.29) is 29.9 Å². The zero-order valence-corrected chi connectivity index (χ0v) is 14.4. The molecule has 2 amide bonds. The molecule has 3 aromatic heterocycles. The number of aromatic nitrogens is 2. The van der Waals surface area contributed by atoms with Crippen molar-refractivity contribution in [2.45, 2.75) is 32.9 Å². The molecule has 0 aromatic carbocycles. The molecule has 0 aliphatic heterocycles. The first-order valence-electron chi connectivity index (χ1n) is 7.95. The van der Waals surface area contributed by atoms with Crippen LogP contribution in [0.2, 0.25) is 0 Å². The summed E-state index contributed by atoms with van der Waals surface area (Å²) < 4.78 is 6.81. The minimum atomic E-state index is -0.399. The van der Waals surface area contributed by atoms with Crippen LogP contribution in [-0.2, 0) is 6.54 Å². The van der Waals surface area contributed by atoms with Crippen LogP contribution in [0, 0.1) is 0 Å². The largest absolute Gasteiger partial charge is 0.467 e. The number of amides is 2. The minimum absolute atomic E-state index is 0.154. The van der Waals surface area contributed by atoms with Crippen LogP contribution in [0.15, 0.2) is 47.2 Å². The van der Waals surface area contributed by atoms with Gasteiger partial charge in [0.15, 0.2) is 5.69 Å². The zero-order valence-electron chi connectivity index (χ0n) is 14.4. The second-order valence-electron chi connectivity index (χ2n) is 6.71. The highest BCUT2D eigenvalue weighted by atomic mass is 16.3. The third-order valence-electron chi connectivity index (χ3n) is 3.46. The molecule has 0 unspecified atom stereocenters. The lowest BCUT2D eigenvalue weighted by Gasteiger charge is -2.19. The van der Waals surface area contributed by atoms with Crippen molar-refractivity contribution in [3.63, 3.8) is 0 Å². The quantitative estimate of drug-likeness (QED) is 0.763. The van der Waals surface area contributed by atoms with Crippen LogP contribution in [0.4, 0.5) is 0 Å². The van der Waals surface area contributed by atoms with Gasteiger partial charge in [0.1, 0.15) is 5.76 Å². The lowest BCUT2D eigenvalue weighted by Crippen LogP contribution is -2.40. The normalized spacial score (nSPS) is 11.5. The first kappa shape index (κ1) is 16.8. The predicted molar refractivity (Wildman–Crippen MR) is 92.3 cm³/mol. The SMILES string of the molecule is CC(C)(C)NC(=O)c1nc(C(=O)NCc2ccco2)n2ccccc12. The van der Waals surface area contributed by atoms with Gasteiger partial charge in [0.25, 0.3) is 11.8 Å². The van der Waals surface area contributed by atoms with Crippen LogP contribution in [0.25, 0.3) is 5.52 Å². The van der Waals surface area contributed by atoms with Crippen LogP contribution in [0.3, 0.4) is 0 Å². The Morgan fingerprint density at radius 3 is 2.64 bits per heavy atom. The van der Waals surface area contributed by atoms with E-state index < -0.39 is 5.54 Å². The molecule has 3 rings (SSSR count). The number of carbonyl (C=O) groups is 2. The molecule has 0 saturated heterocycles. The van der Waals surface area contributed by atoms with Gasteiger partial charge in [-0.1, -0.05) is 6.07 Å². The summed E-state index contributed by atoms with van der Waals surface area (Å²) in [5.74, 6) is 0.0924. The van der Waals surface area contributed by atoms with Gasteiger partial charge < -0.3 is 15.1 Å². The summed E-state index contributed by atoms with van der Waals surface area (Å²) in [6.07, 6.45) is 3.25. The lowest BCUT2D eigenvalue weighted by molar-refractivity contribution is 0.0916. The predicted octanol–water partition coefficient (Wildman–Crippen LogP) is 2.39. The van der Waals surface area contributed by atoms with Crippen LogP contribution >= 0.6 is 0 Å². The van der Waals surface area contributed by atoms with Gasteiger partial charge in [-0.15, -0.1) is 0 Å². The summed E-state index contributed by atoms with van der Waals surface area (Å²) in [6, 6.07) is 8.86. The minimum Gasteiger partial charge on any atom is -0.467 e. The zero-order chi connectivity index (χ0) is 18.0. The van der Waals surface area contributed by atoms with Crippen LogP contribution in [0.5, 0.6) is 0 Å². The molecule has 7 nitrogen and oxygen atoms in total. The highest BCUT2D eigenvalue weighted by molar-refractivity contribution is 6.02. The van der Waals surface area contributed by atoms with Gasteiger partial charge in [-0.2, -0.15) is 0 Å². The number of nitrogens with zero attached hydrogens (tertiary/aromatic N) is 2. The molecule has 0 saturated carbocycles. The third-order valence-corrected chi connectivity index (χ3v) is 3.46. The number of fused-ring (bicyclic) bond motifs is 1. The second kappa shape index (κ2) is 6.43. The lowest BCUT2D eigenvalue weighted by atomic mass is 10.1. The highest BCUT2D eigenvalue weighted by Gasteiger charge is 2.24. The molecule has 0 aliphatic rings. The average Bonchev–Trinajstić information content (AvgIpc) is 3.18. The molecule has 3 aromatic rings. The van der Waals surface area contributed by atoms with E-state index in [9.17, 15) is 9.59 Å². The Balaban J connectivity index is 1.90. The van der Waals surface area contributed by atoms with Crippen molar-refractivity contribution in [1.29, 1.82) is 0 Å². The van der Waals surface area contributed by atoms with Crippen LogP contribution in [0.1, 0.15) is 47.6 Å². The Labute approximate surface area is 145 Å². The Kier molecular flexibility index (Phi) is 4.31. The van der Waals surface area contributed by atoms with Crippen molar-refractivity contribution < 1.29 is 14.0 Å². The number of pyridine rings is 1. The van der Waals surface area contributed by atoms with Gasteiger partial charge in [-0.05, 0) is 45.0 Å². The molecule has 0 aliphatic carbocycles. The summed E-state index contributed by atoms with van der Waals surface area (Å²) in [6.45, 7) is 5.91. The smallest absolute Gasteiger partial charge is 0.288 e. The monoisotopic (exact) mass is 340 g/mol. The molecule has 3 heterocycles. The molecule has 0 fully saturated rings. The molecular weight excluding hydrogens is 320 g/mol. The van der Waals surface area contributed by atoms with E-state index >= 15 is 0 Å². The fourth-order valence-electron chi connectivity index (χ4n) is 2.42. The summed E-state index contributed by atoms with van der Waals surface area (Å²) in [5.41, 5.74) is 0.398. The van der Waals surface area contributed by atoms with E-state index in [4.69, 9.17) is 4.42 Å². The standard InChI is InChI=1S/C18H20N4O3/c1-18(2,3)21-16(23)14-13-8-4-5-9-22(13)15(20-14)17(24)19-11-12-7-6-10-25-12/h4-10H,11H2,1-3H3,(H,19,24)(H,21,23). The van der Waals surface area contributed by atoms with E-state index in [1.54, 1.807) is 47.2 Å². The maximum Gasteiger partial charge on any atom is 0.288 e. The molecule has 0 radical (unpaired) electrons. The van der Waals surface area contributed by atoms with Gasteiger partial charge in [0.05, 0.1) is 18.3 Å². The summed E-state index contributed by atoms with van der Waals surface area (Å²) in [7, 11) is 0. The first-order valence-corrected chi connectivity index (χ1v) is 7.95. The van der Waals surface area contributed by atoms with E-state index in [2.05, 4.69) is 15.6 Å². The first-order chi connectivity index (χ1) is 11.8. The number of imidazole rings is 1. The van der Waals surface area contributed by atoms with Crippen molar-refractivity contribution >= 4 is 17.3 Å². The molecule has 2 N–H and O–H groups in total. The number of nitrogens with one attached hydrogen (secondary N) is 2. The van der Waals surface area contributed by atoms with Gasteiger partial charge in [-0.25, -0.2) is 4.98 Å². The van der Waals surface area contributed by atoms with Crippen LogP contribution < -0.4 is 10.6 Å². The number of carbonyl (C=O) groups excluding carboxylic acids is 2. The van der Waals surface area contributed by atoms with Crippen molar-refractivity contribution in [1.82, 2.24) is 20.0 Å². The van der Waals surface area contributed by atoms with Crippen molar-refractivity contribution in [3.05, 3.63) is 60.1 Å².